The molecule has 17 heavy (non-hydrogen) atoms. The lowest BCUT2D eigenvalue weighted by molar-refractivity contribution is 0.0994. The average Bonchev–Trinajstić information content (AvgIpc) is 2.68. The first-order chi connectivity index (χ1) is 8.08. The molecule has 0 aliphatic heterocycles. The van der Waals surface area contributed by atoms with Gasteiger partial charge in [0.15, 0.2) is 5.78 Å². The van der Waals surface area contributed by atoms with Gasteiger partial charge in [0.2, 0.25) is 0 Å². The van der Waals surface area contributed by atoms with Crippen LogP contribution < -0.4 is 5.73 Å². The second-order valence-corrected chi connectivity index (χ2v) is 6.29. The molecular formula is C12H9Br2NOS. The molecule has 0 unspecified atom stereocenters. The summed E-state index contributed by atoms with van der Waals surface area (Å²) in [6.07, 6.45) is 0.374. The van der Waals surface area contributed by atoms with Gasteiger partial charge in [-0.25, -0.2) is 0 Å². The molecule has 1 heterocycles. The Morgan fingerprint density at radius 3 is 2.71 bits per heavy atom. The molecule has 88 valence electrons. The van der Waals surface area contributed by atoms with Crippen LogP contribution in [0, 0.1) is 0 Å². The molecule has 2 nitrogen and oxygen atoms in total. The predicted octanol–water partition coefficient (Wildman–Crippen LogP) is 4.28. The molecule has 0 spiro atoms. The van der Waals surface area contributed by atoms with Crippen LogP contribution in [0.1, 0.15) is 15.2 Å². The molecule has 2 N–H and O–H groups in total. The number of carbonyl (C=O) groups excluding carboxylic acids is 1. The molecule has 2 aromatic rings. The number of hydrogen-bond donors (Lipinski definition) is 1. The number of hydrogen-bond acceptors (Lipinski definition) is 3. The van der Waals surface area contributed by atoms with E-state index in [4.69, 9.17) is 5.73 Å². The Morgan fingerprint density at radius 1 is 1.29 bits per heavy atom. The Labute approximate surface area is 120 Å². The minimum absolute atomic E-state index is 0.0342. The topological polar surface area (TPSA) is 43.1 Å². The summed E-state index contributed by atoms with van der Waals surface area (Å²) in [5, 5.41) is 1.96. The van der Waals surface area contributed by atoms with Gasteiger partial charge in [-0.1, -0.05) is 15.9 Å². The first-order valence-electron chi connectivity index (χ1n) is 4.88. The minimum atomic E-state index is 0.0342. The van der Waals surface area contributed by atoms with Crippen molar-refractivity contribution in [2.24, 2.45) is 0 Å². The Balaban J connectivity index is 2.26. The van der Waals surface area contributed by atoms with Gasteiger partial charge in [-0.05, 0) is 45.6 Å². The van der Waals surface area contributed by atoms with Gasteiger partial charge in [-0.3, -0.25) is 4.79 Å². The highest BCUT2D eigenvalue weighted by Crippen LogP contribution is 2.26. The van der Waals surface area contributed by atoms with Crippen molar-refractivity contribution in [3.63, 3.8) is 0 Å². The second-order valence-electron chi connectivity index (χ2n) is 3.52. The molecule has 0 saturated carbocycles. The molecule has 0 saturated heterocycles. The number of ketones is 1. The van der Waals surface area contributed by atoms with Gasteiger partial charge < -0.3 is 5.73 Å². The van der Waals surface area contributed by atoms with E-state index in [0.29, 0.717) is 17.7 Å². The Hall–Kier alpha value is -0.650. The molecule has 0 atom stereocenters. The Morgan fingerprint density at radius 2 is 2.06 bits per heavy atom. The van der Waals surface area contributed by atoms with Gasteiger partial charge in [-0.15, -0.1) is 11.3 Å². The summed E-state index contributed by atoms with van der Waals surface area (Å²) in [5.41, 5.74) is 6.90. The number of nitrogens with two attached hydrogens (primary N) is 1. The molecule has 0 aliphatic rings. The number of thiophene rings is 1. The number of rotatable bonds is 3. The molecule has 0 bridgehead atoms. The van der Waals surface area contributed by atoms with Crippen molar-refractivity contribution < 1.29 is 4.79 Å². The zero-order valence-electron chi connectivity index (χ0n) is 8.74. The molecular weight excluding hydrogens is 366 g/mol. The monoisotopic (exact) mass is 373 g/mol. The van der Waals surface area contributed by atoms with Crippen LogP contribution >= 0.6 is 43.2 Å². The van der Waals surface area contributed by atoms with E-state index in [0.717, 1.165) is 13.8 Å². The van der Waals surface area contributed by atoms with Gasteiger partial charge >= 0.3 is 0 Å². The number of Topliss-reactive ketones (excluding diaryl/α,β-unsaturated/α-hetero) is 1. The lowest BCUT2D eigenvalue weighted by atomic mass is 10.1. The summed E-state index contributed by atoms with van der Waals surface area (Å²) in [6, 6.07) is 7.27. The van der Waals surface area contributed by atoms with E-state index in [9.17, 15) is 4.79 Å². The molecule has 1 aromatic heterocycles. The Kier molecular flexibility index (Phi) is 4.01. The fraction of sp³-hybridized carbons (Fsp3) is 0.0833. The minimum Gasteiger partial charge on any atom is -0.398 e. The van der Waals surface area contributed by atoms with E-state index in [2.05, 4.69) is 31.9 Å². The predicted molar refractivity (Wildman–Crippen MR) is 78.6 cm³/mol. The summed E-state index contributed by atoms with van der Waals surface area (Å²) < 4.78 is 1.84. The number of carbonyl (C=O) groups is 1. The van der Waals surface area contributed by atoms with Gasteiger partial charge in [0.25, 0.3) is 0 Å². The van der Waals surface area contributed by atoms with Crippen LogP contribution in [0.3, 0.4) is 0 Å². The van der Waals surface area contributed by atoms with Crippen LogP contribution in [0.4, 0.5) is 5.69 Å². The zero-order valence-corrected chi connectivity index (χ0v) is 12.7. The third-order valence-electron chi connectivity index (χ3n) is 2.33. The van der Waals surface area contributed by atoms with Crippen molar-refractivity contribution in [2.75, 3.05) is 5.73 Å². The lowest BCUT2D eigenvalue weighted by Crippen LogP contribution is -2.06. The van der Waals surface area contributed by atoms with Crippen LogP contribution in [-0.4, -0.2) is 5.78 Å². The fourth-order valence-corrected chi connectivity index (χ4v) is 3.31. The number of benzene rings is 1. The third-order valence-corrected chi connectivity index (χ3v) is 4.75. The number of halogens is 2. The maximum absolute atomic E-state index is 12.1. The number of anilines is 1. The maximum atomic E-state index is 12.1. The standard InChI is InChI=1S/C12H9Br2NOS/c13-7-1-2-10(15)8(5-7)11(16)6-12-9(14)3-4-17-12/h1-5H,6,15H2. The fourth-order valence-electron chi connectivity index (χ4n) is 1.46. The number of nitrogen functional groups attached to an aromatic ring is 1. The van der Waals surface area contributed by atoms with E-state index >= 15 is 0 Å². The van der Waals surface area contributed by atoms with Gasteiger partial charge in [0.1, 0.15) is 0 Å². The molecule has 0 radical (unpaired) electrons. The summed E-state index contributed by atoms with van der Waals surface area (Å²) in [4.78, 5) is 13.1. The van der Waals surface area contributed by atoms with Gasteiger partial charge in [-0.2, -0.15) is 0 Å². The SMILES string of the molecule is Nc1ccc(Br)cc1C(=O)Cc1sccc1Br. The van der Waals surface area contributed by atoms with Crippen molar-refractivity contribution in [1.29, 1.82) is 0 Å². The first-order valence-corrected chi connectivity index (χ1v) is 7.34. The summed E-state index contributed by atoms with van der Waals surface area (Å²) >= 11 is 8.32. The van der Waals surface area contributed by atoms with Crippen molar-refractivity contribution in [1.82, 2.24) is 0 Å². The highest BCUT2D eigenvalue weighted by Gasteiger charge is 2.13. The van der Waals surface area contributed by atoms with E-state index in [1.54, 1.807) is 23.5 Å². The quantitative estimate of drug-likeness (QED) is 0.643. The van der Waals surface area contributed by atoms with Gasteiger partial charge in [0, 0.05) is 31.5 Å². The first kappa shape index (κ1) is 12.8. The van der Waals surface area contributed by atoms with Crippen molar-refractivity contribution in [3.8, 4) is 0 Å². The molecule has 5 heteroatoms. The second kappa shape index (κ2) is 5.33. The molecule has 0 amide bonds. The summed E-state index contributed by atoms with van der Waals surface area (Å²) in [7, 11) is 0. The normalized spacial score (nSPS) is 10.5. The van der Waals surface area contributed by atoms with E-state index < -0.39 is 0 Å². The smallest absolute Gasteiger partial charge is 0.170 e. The van der Waals surface area contributed by atoms with E-state index in [1.807, 2.05) is 17.5 Å². The van der Waals surface area contributed by atoms with Crippen molar-refractivity contribution >= 4 is 54.7 Å². The van der Waals surface area contributed by atoms with Crippen LogP contribution in [0.5, 0.6) is 0 Å². The lowest BCUT2D eigenvalue weighted by Gasteiger charge is -2.05. The van der Waals surface area contributed by atoms with Crippen molar-refractivity contribution in [2.45, 2.75) is 6.42 Å². The zero-order chi connectivity index (χ0) is 12.4. The third kappa shape index (κ3) is 2.97. The summed E-state index contributed by atoms with van der Waals surface area (Å²) in [5.74, 6) is 0.0342. The van der Waals surface area contributed by atoms with E-state index in [1.165, 1.54) is 0 Å². The molecule has 2 rings (SSSR count). The molecule has 0 aliphatic carbocycles. The van der Waals surface area contributed by atoms with Crippen molar-refractivity contribution in [3.05, 3.63) is 49.0 Å². The highest BCUT2D eigenvalue weighted by molar-refractivity contribution is 9.10. The van der Waals surface area contributed by atoms with Crippen LogP contribution in [0.15, 0.2) is 38.6 Å². The van der Waals surface area contributed by atoms with Crippen LogP contribution in [0.25, 0.3) is 0 Å². The largest absolute Gasteiger partial charge is 0.398 e. The highest BCUT2D eigenvalue weighted by atomic mass is 79.9. The Bertz CT molecular complexity index is 565. The average molecular weight is 375 g/mol. The van der Waals surface area contributed by atoms with Crippen LogP contribution in [-0.2, 0) is 6.42 Å². The molecule has 1 aromatic carbocycles. The molecule has 0 fully saturated rings. The van der Waals surface area contributed by atoms with E-state index in [-0.39, 0.29) is 5.78 Å². The van der Waals surface area contributed by atoms with Gasteiger partial charge in [0.05, 0.1) is 0 Å². The maximum Gasteiger partial charge on any atom is 0.170 e. The summed E-state index contributed by atoms with van der Waals surface area (Å²) in [6.45, 7) is 0. The van der Waals surface area contributed by atoms with Crippen LogP contribution in [0.2, 0.25) is 0 Å².